The fraction of sp³-hybridized carbons (Fsp3) is 0.714. The van der Waals surface area contributed by atoms with Crippen molar-refractivity contribution in [1.29, 1.82) is 0 Å². The molecule has 1 saturated carbocycles. The van der Waals surface area contributed by atoms with Gasteiger partial charge in [0.2, 0.25) is 0 Å². The van der Waals surface area contributed by atoms with Crippen LogP contribution in [0.15, 0.2) is 0 Å². The average molecular weight is 310 g/mol. The number of anilines is 2. The van der Waals surface area contributed by atoms with Crippen LogP contribution in [-0.4, -0.2) is 42.7 Å². The largest absolute Gasteiger partial charge is 0.382 e. The molecule has 3 rings (SSSR count). The van der Waals surface area contributed by atoms with E-state index >= 15 is 0 Å². The van der Waals surface area contributed by atoms with Crippen LogP contribution < -0.4 is 16.0 Å². The lowest BCUT2D eigenvalue weighted by molar-refractivity contribution is -0.00858. The summed E-state index contributed by atoms with van der Waals surface area (Å²) in [5.74, 6) is 0.246. The standard InChI is InChI=1S/C14H22N4O2S/c1-2-20-10-7-9(8-10)16-13(19)11-12(15)17-14(21-11)18-5-3-4-6-18/h9-10H,2-8,15H2,1H3,(H,16,19). The first-order valence-electron chi connectivity index (χ1n) is 7.61. The predicted molar refractivity (Wildman–Crippen MR) is 83.9 cm³/mol. The van der Waals surface area contributed by atoms with Crippen molar-refractivity contribution in [3.8, 4) is 0 Å². The van der Waals surface area contributed by atoms with Gasteiger partial charge in [-0.1, -0.05) is 11.3 Å². The van der Waals surface area contributed by atoms with Crippen molar-refractivity contribution in [3.63, 3.8) is 0 Å². The quantitative estimate of drug-likeness (QED) is 0.864. The Balaban J connectivity index is 1.57. The number of aromatic nitrogens is 1. The number of hydrogen-bond donors (Lipinski definition) is 2. The van der Waals surface area contributed by atoms with Crippen LogP contribution in [0, 0.1) is 0 Å². The zero-order valence-corrected chi connectivity index (χ0v) is 13.1. The lowest BCUT2D eigenvalue weighted by Crippen LogP contribution is -2.47. The van der Waals surface area contributed by atoms with E-state index in [-0.39, 0.29) is 11.9 Å². The third-order valence-electron chi connectivity index (χ3n) is 4.06. The molecule has 6 nitrogen and oxygen atoms in total. The first kappa shape index (κ1) is 14.6. The van der Waals surface area contributed by atoms with Gasteiger partial charge < -0.3 is 20.7 Å². The minimum Gasteiger partial charge on any atom is -0.382 e. The van der Waals surface area contributed by atoms with E-state index in [1.54, 1.807) is 0 Å². The fourth-order valence-corrected chi connectivity index (χ4v) is 3.77. The highest BCUT2D eigenvalue weighted by Crippen LogP contribution is 2.31. The third kappa shape index (κ3) is 3.13. The minimum absolute atomic E-state index is 0.101. The molecular weight excluding hydrogens is 288 g/mol. The van der Waals surface area contributed by atoms with Gasteiger partial charge in [-0.25, -0.2) is 4.98 Å². The molecule has 1 amide bonds. The van der Waals surface area contributed by atoms with E-state index in [1.165, 1.54) is 24.2 Å². The van der Waals surface area contributed by atoms with Crippen LogP contribution in [0.2, 0.25) is 0 Å². The van der Waals surface area contributed by atoms with Gasteiger partial charge in [-0.2, -0.15) is 0 Å². The van der Waals surface area contributed by atoms with E-state index in [9.17, 15) is 4.79 Å². The number of nitrogens with two attached hydrogens (primary N) is 1. The van der Waals surface area contributed by atoms with Gasteiger partial charge in [0, 0.05) is 25.7 Å². The second kappa shape index (κ2) is 6.19. The number of nitrogens with zero attached hydrogens (tertiary/aromatic N) is 2. The molecule has 3 N–H and O–H groups in total. The van der Waals surface area contributed by atoms with Crippen molar-refractivity contribution in [2.45, 2.75) is 44.8 Å². The van der Waals surface area contributed by atoms with Crippen LogP contribution in [0.5, 0.6) is 0 Å². The molecule has 116 valence electrons. The van der Waals surface area contributed by atoms with Gasteiger partial charge in [-0.05, 0) is 32.6 Å². The maximum absolute atomic E-state index is 12.3. The highest BCUT2D eigenvalue weighted by molar-refractivity contribution is 7.18. The van der Waals surface area contributed by atoms with Crippen molar-refractivity contribution in [2.24, 2.45) is 0 Å². The van der Waals surface area contributed by atoms with Crippen LogP contribution in [0.4, 0.5) is 10.9 Å². The zero-order chi connectivity index (χ0) is 14.8. The van der Waals surface area contributed by atoms with Gasteiger partial charge >= 0.3 is 0 Å². The monoisotopic (exact) mass is 310 g/mol. The Kier molecular flexibility index (Phi) is 4.30. The van der Waals surface area contributed by atoms with Crippen molar-refractivity contribution in [1.82, 2.24) is 10.3 Å². The minimum atomic E-state index is -0.101. The molecule has 7 heteroatoms. The Hall–Kier alpha value is -1.34. The topological polar surface area (TPSA) is 80.5 Å². The molecule has 0 atom stereocenters. The molecule has 0 bridgehead atoms. The SMILES string of the molecule is CCOC1CC(NC(=O)c2sc(N3CCCC3)nc2N)C1. The van der Waals surface area contributed by atoms with Crippen LogP contribution in [0.25, 0.3) is 0 Å². The Bertz CT molecular complexity index is 507. The summed E-state index contributed by atoms with van der Waals surface area (Å²) in [7, 11) is 0. The van der Waals surface area contributed by atoms with Crippen LogP contribution in [0.3, 0.4) is 0 Å². The van der Waals surface area contributed by atoms with Crippen molar-refractivity contribution < 1.29 is 9.53 Å². The molecule has 1 aliphatic heterocycles. The summed E-state index contributed by atoms with van der Waals surface area (Å²) in [4.78, 5) is 19.4. The van der Waals surface area contributed by atoms with E-state index in [0.29, 0.717) is 16.8 Å². The molecule has 1 aromatic rings. The van der Waals surface area contributed by atoms with Gasteiger partial charge in [0.05, 0.1) is 6.10 Å². The van der Waals surface area contributed by atoms with Gasteiger partial charge in [0.25, 0.3) is 5.91 Å². The zero-order valence-electron chi connectivity index (χ0n) is 12.3. The summed E-state index contributed by atoms with van der Waals surface area (Å²) < 4.78 is 5.50. The van der Waals surface area contributed by atoms with Gasteiger partial charge in [-0.15, -0.1) is 0 Å². The number of carbonyl (C=O) groups is 1. The summed E-state index contributed by atoms with van der Waals surface area (Å²) in [6, 6.07) is 0.200. The number of carbonyl (C=O) groups excluding carboxylic acids is 1. The Morgan fingerprint density at radius 3 is 2.86 bits per heavy atom. The number of ether oxygens (including phenoxy) is 1. The Morgan fingerprint density at radius 2 is 2.19 bits per heavy atom. The molecule has 1 aromatic heterocycles. The predicted octanol–water partition coefficient (Wildman–Crippen LogP) is 1.62. The molecule has 2 heterocycles. The second-order valence-electron chi connectivity index (χ2n) is 5.62. The highest BCUT2D eigenvalue weighted by atomic mass is 32.1. The average Bonchev–Trinajstić information content (AvgIpc) is 3.05. The molecule has 1 saturated heterocycles. The lowest BCUT2D eigenvalue weighted by atomic mass is 9.89. The number of rotatable bonds is 5. The molecule has 0 spiro atoms. The van der Waals surface area contributed by atoms with Gasteiger partial charge in [0.15, 0.2) is 5.13 Å². The molecular formula is C14H22N4O2S. The molecule has 0 aromatic carbocycles. The van der Waals surface area contributed by atoms with E-state index in [2.05, 4.69) is 15.2 Å². The molecule has 0 unspecified atom stereocenters. The normalized spacial score (nSPS) is 24.9. The summed E-state index contributed by atoms with van der Waals surface area (Å²) >= 11 is 1.40. The molecule has 2 aliphatic rings. The van der Waals surface area contributed by atoms with E-state index in [4.69, 9.17) is 10.5 Å². The number of thiazole rings is 1. The fourth-order valence-electron chi connectivity index (χ4n) is 2.83. The van der Waals surface area contributed by atoms with Gasteiger partial charge in [-0.3, -0.25) is 4.79 Å². The Labute approximate surface area is 128 Å². The second-order valence-corrected chi connectivity index (χ2v) is 6.60. The van der Waals surface area contributed by atoms with Crippen LogP contribution in [-0.2, 0) is 4.74 Å². The number of nitrogen functional groups attached to an aromatic ring is 1. The highest BCUT2D eigenvalue weighted by Gasteiger charge is 2.32. The first-order valence-corrected chi connectivity index (χ1v) is 8.42. The third-order valence-corrected chi connectivity index (χ3v) is 5.19. The molecule has 0 radical (unpaired) electrons. The maximum Gasteiger partial charge on any atom is 0.265 e. The van der Waals surface area contributed by atoms with E-state index in [0.717, 1.165) is 37.7 Å². The molecule has 21 heavy (non-hydrogen) atoms. The van der Waals surface area contributed by atoms with Crippen LogP contribution >= 0.6 is 11.3 Å². The van der Waals surface area contributed by atoms with Crippen molar-refractivity contribution in [3.05, 3.63) is 4.88 Å². The maximum atomic E-state index is 12.3. The van der Waals surface area contributed by atoms with Gasteiger partial charge in [0.1, 0.15) is 10.7 Å². The molecule has 2 fully saturated rings. The number of amides is 1. The lowest BCUT2D eigenvalue weighted by Gasteiger charge is -2.35. The summed E-state index contributed by atoms with van der Waals surface area (Å²) in [6.45, 7) is 4.73. The summed E-state index contributed by atoms with van der Waals surface area (Å²) in [5, 5.41) is 3.89. The first-order chi connectivity index (χ1) is 10.2. The summed E-state index contributed by atoms with van der Waals surface area (Å²) in [5.41, 5.74) is 5.91. The van der Waals surface area contributed by atoms with E-state index in [1.807, 2.05) is 6.92 Å². The van der Waals surface area contributed by atoms with E-state index < -0.39 is 0 Å². The van der Waals surface area contributed by atoms with Crippen molar-refractivity contribution >= 4 is 28.2 Å². The smallest absolute Gasteiger partial charge is 0.265 e. The molecule has 1 aliphatic carbocycles. The van der Waals surface area contributed by atoms with Crippen molar-refractivity contribution in [2.75, 3.05) is 30.3 Å². The summed E-state index contributed by atoms with van der Waals surface area (Å²) in [6.07, 6.45) is 4.43. The Morgan fingerprint density at radius 1 is 1.48 bits per heavy atom. The van der Waals surface area contributed by atoms with Crippen LogP contribution in [0.1, 0.15) is 42.3 Å². The number of hydrogen-bond acceptors (Lipinski definition) is 6. The number of nitrogens with one attached hydrogen (secondary N) is 1.